The SMILES string of the molecule is COc1ccc(-c2nc(NC(=O)COc3cc(C)cc(C)c3)no2)cc1. The first kappa shape index (κ1) is 17.5. The lowest BCUT2D eigenvalue weighted by Crippen LogP contribution is -2.20. The highest BCUT2D eigenvalue weighted by Crippen LogP contribution is 2.21. The van der Waals surface area contributed by atoms with E-state index in [1.807, 2.05) is 32.0 Å². The maximum atomic E-state index is 12.0. The number of anilines is 1. The first-order chi connectivity index (χ1) is 12.5. The third-order valence-corrected chi connectivity index (χ3v) is 3.58. The lowest BCUT2D eigenvalue weighted by Gasteiger charge is -2.07. The Morgan fingerprint density at radius 3 is 2.42 bits per heavy atom. The summed E-state index contributed by atoms with van der Waals surface area (Å²) in [6.07, 6.45) is 0. The zero-order chi connectivity index (χ0) is 18.5. The van der Waals surface area contributed by atoms with Crippen molar-refractivity contribution in [3.63, 3.8) is 0 Å². The number of methoxy groups -OCH3 is 1. The summed E-state index contributed by atoms with van der Waals surface area (Å²) < 4.78 is 15.8. The predicted octanol–water partition coefficient (Wildman–Crippen LogP) is 3.38. The number of nitrogens with one attached hydrogen (secondary N) is 1. The minimum atomic E-state index is -0.369. The molecule has 1 amide bonds. The van der Waals surface area contributed by atoms with Crippen molar-refractivity contribution in [2.75, 3.05) is 19.0 Å². The molecule has 0 radical (unpaired) electrons. The number of ether oxygens (including phenoxy) is 2. The Labute approximate surface area is 150 Å². The average molecular weight is 353 g/mol. The van der Waals surface area contributed by atoms with Gasteiger partial charge in [0.05, 0.1) is 7.11 Å². The largest absolute Gasteiger partial charge is 0.497 e. The molecule has 0 aliphatic carbocycles. The van der Waals surface area contributed by atoms with Crippen LogP contribution in [0.2, 0.25) is 0 Å². The zero-order valence-electron chi connectivity index (χ0n) is 14.8. The summed E-state index contributed by atoms with van der Waals surface area (Å²) in [5.41, 5.74) is 2.87. The molecule has 0 fully saturated rings. The molecule has 7 heteroatoms. The molecule has 0 bridgehead atoms. The standard InChI is InChI=1S/C19H19N3O4/c1-12-8-13(2)10-16(9-12)25-11-17(23)20-19-21-18(26-22-19)14-4-6-15(24-3)7-5-14/h4-10H,11H2,1-3H3,(H,20,22,23). The van der Waals surface area contributed by atoms with Gasteiger partial charge in [-0.2, -0.15) is 4.98 Å². The van der Waals surface area contributed by atoms with Gasteiger partial charge >= 0.3 is 0 Å². The monoisotopic (exact) mass is 353 g/mol. The molecule has 0 spiro atoms. The third kappa shape index (κ3) is 4.38. The fourth-order valence-electron chi connectivity index (χ4n) is 2.45. The number of amides is 1. The fourth-order valence-corrected chi connectivity index (χ4v) is 2.45. The molecule has 3 aromatic rings. The predicted molar refractivity (Wildman–Crippen MR) is 96.3 cm³/mol. The molecule has 1 heterocycles. The number of hydrogen-bond acceptors (Lipinski definition) is 6. The van der Waals surface area contributed by atoms with Crippen molar-refractivity contribution in [2.24, 2.45) is 0 Å². The minimum absolute atomic E-state index is 0.0878. The molecule has 0 aliphatic rings. The first-order valence-electron chi connectivity index (χ1n) is 8.02. The van der Waals surface area contributed by atoms with Crippen molar-refractivity contribution < 1.29 is 18.8 Å². The van der Waals surface area contributed by atoms with Crippen molar-refractivity contribution in [3.05, 3.63) is 53.6 Å². The van der Waals surface area contributed by atoms with Gasteiger partial charge in [-0.1, -0.05) is 6.07 Å². The molecule has 3 rings (SSSR count). The van der Waals surface area contributed by atoms with Crippen LogP contribution in [0.5, 0.6) is 11.5 Å². The Morgan fingerprint density at radius 1 is 1.08 bits per heavy atom. The van der Waals surface area contributed by atoms with Crippen LogP contribution in [-0.4, -0.2) is 29.8 Å². The first-order valence-corrected chi connectivity index (χ1v) is 8.02. The van der Waals surface area contributed by atoms with E-state index in [1.54, 1.807) is 31.4 Å². The number of carbonyl (C=O) groups is 1. The molecule has 0 atom stereocenters. The van der Waals surface area contributed by atoms with Gasteiger partial charge in [-0.05, 0) is 66.5 Å². The van der Waals surface area contributed by atoms with Crippen LogP contribution in [0.15, 0.2) is 47.0 Å². The van der Waals surface area contributed by atoms with E-state index in [4.69, 9.17) is 14.0 Å². The van der Waals surface area contributed by atoms with E-state index in [0.717, 1.165) is 22.4 Å². The third-order valence-electron chi connectivity index (χ3n) is 3.58. The molecule has 0 saturated heterocycles. The van der Waals surface area contributed by atoms with Crippen molar-refractivity contribution >= 4 is 11.9 Å². The van der Waals surface area contributed by atoms with E-state index in [2.05, 4.69) is 15.5 Å². The highest BCUT2D eigenvalue weighted by Gasteiger charge is 2.12. The van der Waals surface area contributed by atoms with Gasteiger partial charge in [0, 0.05) is 5.56 Å². The molecule has 0 unspecified atom stereocenters. The minimum Gasteiger partial charge on any atom is -0.497 e. The molecule has 0 aliphatic heterocycles. The number of aryl methyl sites for hydroxylation is 2. The van der Waals surface area contributed by atoms with Gasteiger partial charge in [0.15, 0.2) is 6.61 Å². The van der Waals surface area contributed by atoms with Crippen LogP contribution in [0, 0.1) is 13.8 Å². The number of nitrogens with zero attached hydrogens (tertiary/aromatic N) is 2. The molecule has 7 nitrogen and oxygen atoms in total. The van der Waals surface area contributed by atoms with Gasteiger partial charge in [0.2, 0.25) is 0 Å². The van der Waals surface area contributed by atoms with Gasteiger partial charge in [-0.3, -0.25) is 10.1 Å². The average Bonchev–Trinajstić information content (AvgIpc) is 3.08. The van der Waals surface area contributed by atoms with Crippen molar-refractivity contribution in [1.29, 1.82) is 0 Å². The maximum absolute atomic E-state index is 12.0. The zero-order valence-corrected chi connectivity index (χ0v) is 14.8. The topological polar surface area (TPSA) is 86.5 Å². The highest BCUT2D eigenvalue weighted by atomic mass is 16.5. The number of benzene rings is 2. The van der Waals surface area contributed by atoms with Crippen LogP contribution in [-0.2, 0) is 4.79 Å². The van der Waals surface area contributed by atoms with Crippen LogP contribution in [0.3, 0.4) is 0 Å². The smallest absolute Gasteiger partial charge is 0.270 e. The number of carbonyl (C=O) groups excluding carboxylic acids is 1. The second-order valence-corrected chi connectivity index (χ2v) is 5.81. The van der Waals surface area contributed by atoms with E-state index in [9.17, 15) is 4.79 Å². The molecule has 1 aromatic heterocycles. The van der Waals surface area contributed by atoms with Crippen LogP contribution in [0.1, 0.15) is 11.1 Å². The lowest BCUT2D eigenvalue weighted by atomic mass is 10.1. The maximum Gasteiger partial charge on any atom is 0.270 e. The quantitative estimate of drug-likeness (QED) is 0.731. The van der Waals surface area contributed by atoms with Gasteiger partial charge < -0.3 is 14.0 Å². The van der Waals surface area contributed by atoms with Gasteiger partial charge in [-0.25, -0.2) is 0 Å². The number of rotatable bonds is 6. The van der Waals surface area contributed by atoms with Crippen LogP contribution in [0.25, 0.3) is 11.5 Å². The summed E-state index contributed by atoms with van der Waals surface area (Å²) in [5, 5.41) is 6.30. The normalized spacial score (nSPS) is 10.4. The van der Waals surface area contributed by atoms with E-state index in [1.165, 1.54) is 0 Å². The molecule has 1 N–H and O–H groups in total. The Hall–Kier alpha value is -3.35. The summed E-state index contributed by atoms with van der Waals surface area (Å²) in [7, 11) is 1.59. The van der Waals surface area contributed by atoms with Crippen molar-refractivity contribution in [1.82, 2.24) is 10.1 Å². The van der Waals surface area contributed by atoms with E-state index >= 15 is 0 Å². The number of hydrogen-bond donors (Lipinski definition) is 1. The summed E-state index contributed by atoms with van der Waals surface area (Å²) >= 11 is 0. The van der Waals surface area contributed by atoms with E-state index in [-0.39, 0.29) is 18.5 Å². The van der Waals surface area contributed by atoms with Crippen LogP contribution >= 0.6 is 0 Å². The summed E-state index contributed by atoms with van der Waals surface area (Å²) in [6, 6.07) is 12.9. The van der Waals surface area contributed by atoms with Crippen LogP contribution in [0.4, 0.5) is 5.95 Å². The van der Waals surface area contributed by atoms with Gasteiger partial charge in [0.1, 0.15) is 11.5 Å². The van der Waals surface area contributed by atoms with E-state index < -0.39 is 0 Å². The van der Waals surface area contributed by atoms with Crippen molar-refractivity contribution in [3.8, 4) is 23.0 Å². The Bertz CT molecular complexity index is 883. The molecular weight excluding hydrogens is 334 g/mol. The summed E-state index contributed by atoms with van der Waals surface area (Å²) in [6.45, 7) is 3.80. The molecule has 2 aromatic carbocycles. The number of aromatic nitrogens is 2. The second kappa shape index (κ2) is 7.69. The van der Waals surface area contributed by atoms with Crippen LogP contribution < -0.4 is 14.8 Å². The fraction of sp³-hybridized carbons (Fsp3) is 0.211. The molecule has 0 saturated carbocycles. The lowest BCUT2D eigenvalue weighted by molar-refractivity contribution is -0.118. The summed E-state index contributed by atoms with van der Waals surface area (Å²) in [5.74, 6) is 1.39. The van der Waals surface area contributed by atoms with Gasteiger partial charge in [-0.15, -0.1) is 0 Å². The second-order valence-electron chi connectivity index (χ2n) is 5.81. The highest BCUT2D eigenvalue weighted by molar-refractivity contribution is 5.90. The van der Waals surface area contributed by atoms with Crippen molar-refractivity contribution in [2.45, 2.75) is 13.8 Å². The Kier molecular flexibility index (Phi) is 5.17. The molecule has 134 valence electrons. The Morgan fingerprint density at radius 2 is 1.77 bits per heavy atom. The molecular formula is C19H19N3O4. The summed E-state index contributed by atoms with van der Waals surface area (Å²) in [4.78, 5) is 16.2. The van der Waals surface area contributed by atoms with E-state index in [0.29, 0.717) is 11.6 Å². The molecule has 26 heavy (non-hydrogen) atoms. The van der Waals surface area contributed by atoms with Gasteiger partial charge in [0.25, 0.3) is 17.7 Å². The Balaban J connectivity index is 1.58.